The van der Waals surface area contributed by atoms with Gasteiger partial charge in [-0.05, 0) is 12.1 Å². The van der Waals surface area contributed by atoms with Gasteiger partial charge in [0.05, 0.1) is 12.7 Å². The zero-order chi connectivity index (χ0) is 11.4. The minimum absolute atomic E-state index is 0.112. The lowest BCUT2D eigenvalue weighted by molar-refractivity contribution is 0.103. The van der Waals surface area contributed by atoms with Crippen LogP contribution in [0.15, 0.2) is 43.0 Å². The van der Waals surface area contributed by atoms with Crippen LogP contribution in [0, 0.1) is 0 Å². The van der Waals surface area contributed by atoms with Crippen LogP contribution < -0.4 is 4.74 Å². The normalized spacial score (nSPS) is 9.81. The second-order valence-corrected chi connectivity index (χ2v) is 3.19. The first-order valence-electron chi connectivity index (χ1n) is 4.75. The van der Waals surface area contributed by atoms with Crippen LogP contribution in [0.3, 0.4) is 0 Å². The predicted octanol–water partition coefficient (Wildman–Crippen LogP) is 1.72. The number of ketones is 1. The van der Waals surface area contributed by atoms with Crippen LogP contribution in [-0.4, -0.2) is 22.9 Å². The second-order valence-electron chi connectivity index (χ2n) is 3.19. The van der Waals surface area contributed by atoms with Crippen molar-refractivity contribution in [2.75, 3.05) is 7.11 Å². The van der Waals surface area contributed by atoms with Gasteiger partial charge in [-0.2, -0.15) is 0 Å². The summed E-state index contributed by atoms with van der Waals surface area (Å²) in [6.07, 6.45) is 4.38. The van der Waals surface area contributed by atoms with Gasteiger partial charge in [0.1, 0.15) is 12.1 Å². The highest BCUT2D eigenvalue weighted by Gasteiger charge is 2.09. The molecule has 4 heteroatoms. The fourth-order valence-electron chi connectivity index (χ4n) is 1.35. The van der Waals surface area contributed by atoms with Crippen LogP contribution in [-0.2, 0) is 0 Å². The van der Waals surface area contributed by atoms with Gasteiger partial charge in [-0.15, -0.1) is 0 Å². The summed E-state index contributed by atoms with van der Waals surface area (Å²) in [5.41, 5.74) is 1.03. The molecule has 1 heterocycles. The molecule has 16 heavy (non-hydrogen) atoms. The first-order chi connectivity index (χ1) is 7.81. The van der Waals surface area contributed by atoms with Crippen LogP contribution in [0.4, 0.5) is 0 Å². The maximum Gasteiger partial charge on any atom is 0.196 e. The molecule has 0 aliphatic heterocycles. The minimum Gasteiger partial charge on any atom is -0.497 e. The molecule has 80 valence electrons. The van der Waals surface area contributed by atoms with Crippen molar-refractivity contribution in [1.82, 2.24) is 9.97 Å². The fraction of sp³-hybridized carbons (Fsp3) is 0.0833. The second kappa shape index (κ2) is 4.53. The maximum atomic E-state index is 12.0. The number of carbonyl (C=O) groups is 1. The first-order valence-corrected chi connectivity index (χ1v) is 4.75. The summed E-state index contributed by atoms with van der Waals surface area (Å²) in [6, 6.07) is 6.99. The molecule has 0 N–H and O–H groups in total. The zero-order valence-electron chi connectivity index (χ0n) is 8.75. The largest absolute Gasteiger partial charge is 0.497 e. The van der Waals surface area contributed by atoms with Crippen LogP contribution in [0.5, 0.6) is 5.75 Å². The van der Waals surface area contributed by atoms with Crippen molar-refractivity contribution < 1.29 is 9.53 Å². The Labute approximate surface area is 92.9 Å². The van der Waals surface area contributed by atoms with Crippen molar-refractivity contribution in [3.05, 3.63) is 54.1 Å². The van der Waals surface area contributed by atoms with E-state index in [4.69, 9.17) is 4.74 Å². The van der Waals surface area contributed by atoms with Crippen molar-refractivity contribution >= 4 is 5.78 Å². The SMILES string of the molecule is COc1cccc(C(=O)c2cncnc2)c1. The Morgan fingerprint density at radius 3 is 2.62 bits per heavy atom. The van der Waals surface area contributed by atoms with Gasteiger partial charge >= 0.3 is 0 Å². The Hall–Kier alpha value is -2.23. The molecule has 0 spiro atoms. The van der Waals surface area contributed by atoms with Gasteiger partial charge in [-0.3, -0.25) is 4.79 Å². The third kappa shape index (κ3) is 2.06. The van der Waals surface area contributed by atoms with E-state index in [1.54, 1.807) is 31.4 Å². The average Bonchev–Trinajstić information content (AvgIpc) is 2.39. The lowest BCUT2D eigenvalue weighted by Crippen LogP contribution is -2.02. The van der Waals surface area contributed by atoms with E-state index in [-0.39, 0.29) is 5.78 Å². The van der Waals surface area contributed by atoms with E-state index in [0.29, 0.717) is 16.9 Å². The lowest BCUT2D eigenvalue weighted by atomic mass is 10.1. The monoisotopic (exact) mass is 214 g/mol. The Balaban J connectivity index is 2.34. The predicted molar refractivity (Wildman–Crippen MR) is 58.5 cm³/mol. The standard InChI is InChI=1S/C12H10N2O2/c1-16-11-4-2-3-9(5-11)12(15)10-6-13-8-14-7-10/h2-8H,1H3. The third-order valence-electron chi connectivity index (χ3n) is 2.15. The number of nitrogens with zero attached hydrogens (tertiary/aromatic N) is 2. The van der Waals surface area contributed by atoms with Gasteiger partial charge < -0.3 is 4.74 Å². The molecule has 0 radical (unpaired) electrons. The van der Waals surface area contributed by atoms with Gasteiger partial charge in [0.2, 0.25) is 0 Å². The molecule has 0 atom stereocenters. The molecule has 0 amide bonds. The van der Waals surface area contributed by atoms with E-state index in [1.807, 2.05) is 0 Å². The molecule has 0 bridgehead atoms. The van der Waals surface area contributed by atoms with Crippen LogP contribution >= 0.6 is 0 Å². The summed E-state index contributed by atoms with van der Waals surface area (Å²) >= 11 is 0. The topological polar surface area (TPSA) is 52.1 Å². The van der Waals surface area contributed by atoms with Gasteiger partial charge in [0, 0.05) is 18.0 Å². The van der Waals surface area contributed by atoms with Gasteiger partial charge in [0.25, 0.3) is 0 Å². The number of rotatable bonds is 3. The maximum absolute atomic E-state index is 12.0. The summed E-state index contributed by atoms with van der Waals surface area (Å²) in [6.45, 7) is 0. The van der Waals surface area contributed by atoms with E-state index in [2.05, 4.69) is 9.97 Å². The summed E-state index contributed by atoms with van der Waals surface area (Å²) in [7, 11) is 1.56. The number of aromatic nitrogens is 2. The fourth-order valence-corrected chi connectivity index (χ4v) is 1.35. The number of hydrogen-bond acceptors (Lipinski definition) is 4. The third-order valence-corrected chi connectivity index (χ3v) is 2.15. The summed E-state index contributed by atoms with van der Waals surface area (Å²) in [5.74, 6) is 0.544. The molecule has 2 aromatic rings. The quantitative estimate of drug-likeness (QED) is 0.730. The summed E-state index contributed by atoms with van der Waals surface area (Å²) in [4.78, 5) is 19.6. The Bertz CT molecular complexity index is 497. The molecule has 0 saturated heterocycles. The Kier molecular flexibility index (Phi) is 2.91. The van der Waals surface area contributed by atoms with Gasteiger partial charge in [-0.1, -0.05) is 12.1 Å². The first kappa shape index (κ1) is 10.3. The molecule has 0 unspecified atom stereocenters. The molecule has 1 aromatic heterocycles. The highest BCUT2D eigenvalue weighted by atomic mass is 16.5. The van der Waals surface area contributed by atoms with Crippen molar-refractivity contribution in [3.8, 4) is 5.75 Å². The molecule has 4 nitrogen and oxygen atoms in total. The highest BCUT2D eigenvalue weighted by molar-refractivity contribution is 6.08. The van der Waals surface area contributed by atoms with Gasteiger partial charge in [0.15, 0.2) is 5.78 Å². The van der Waals surface area contributed by atoms with Crippen LogP contribution in [0.2, 0.25) is 0 Å². The van der Waals surface area contributed by atoms with Crippen LogP contribution in [0.25, 0.3) is 0 Å². The summed E-state index contributed by atoms with van der Waals surface area (Å²) < 4.78 is 5.06. The molecule has 0 fully saturated rings. The Morgan fingerprint density at radius 2 is 1.94 bits per heavy atom. The van der Waals surface area contributed by atoms with Crippen molar-refractivity contribution in [2.24, 2.45) is 0 Å². The van der Waals surface area contributed by atoms with E-state index < -0.39 is 0 Å². The lowest BCUT2D eigenvalue weighted by Gasteiger charge is -2.03. The number of methoxy groups -OCH3 is 1. The zero-order valence-corrected chi connectivity index (χ0v) is 8.75. The number of benzene rings is 1. The molecule has 0 aliphatic rings. The number of carbonyl (C=O) groups excluding carboxylic acids is 1. The van der Waals surface area contributed by atoms with Crippen molar-refractivity contribution in [3.63, 3.8) is 0 Å². The van der Waals surface area contributed by atoms with Gasteiger partial charge in [-0.25, -0.2) is 9.97 Å². The minimum atomic E-state index is -0.112. The average molecular weight is 214 g/mol. The molecule has 1 aromatic carbocycles. The molecule has 0 saturated carbocycles. The molecule has 2 rings (SSSR count). The summed E-state index contributed by atoms with van der Waals surface area (Å²) in [5, 5.41) is 0. The molecular formula is C12H10N2O2. The molecular weight excluding hydrogens is 204 g/mol. The van der Waals surface area contributed by atoms with Crippen LogP contribution in [0.1, 0.15) is 15.9 Å². The van der Waals surface area contributed by atoms with Crippen molar-refractivity contribution in [1.29, 1.82) is 0 Å². The van der Waals surface area contributed by atoms with Crippen molar-refractivity contribution in [2.45, 2.75) is 0 Å². The Morgan fingerprint density at radius 1 is 1.19 bits per heavy atom. The van der Waals surface area contributed by atoms with E-state index in [1.165, 1.54) is 18.7 Å². The van der Waals surface area contributed by atoms with E-state index in [9.17, 15) is 4.79 Å². The highest BCUT2D eigenvalue weighted by Crippen LogP contribution is 2.15. The smallest absolute Gasteiger partial charge is 0.196 e. The van der Waals surface area contributed by atoms with E-state index >= 15 is 0 Å². The molecule has 0 aliphatic carbocycles. The number of ether oxygens (including phenoxy) is 1. The van der Waals surface area contributed by atoms with E-state index in [0.717, 1.165) is 0 Å². The number of hydrogen-bond donors (Lipinski definition) is 0.